The second-order valence-electron chi connectivity index (χ2n) is 1.43. The fourth-order valence-corrected chi connectivity index (χ4v) is 0. The fourth-order valence-electron chi connectivity index (χ4n) is 0. The van der Waals surface area contributed by atoms with Crippen LogP contribution >= 0.6 is 0 Å². The van der Waals surface area contributed by atoms with Gasteiger partial charge >= 0.3 is 24.6 Å². The van der Waals surface area contributed by atoms with Crippen molar-refractivity contribution in [3.8, 4) is 0 Å². The van der Waals surface area contributed by atoms with Gasteiger partial charge in [0.15, 0.2) is 0 Å². The molecule has 0 saturated heterocycles. The summed E-state index contributed by atoms with van der Waals surface area (Å²) in [5.41, 5.74) is 0. The highest BCUT2D eigenvalue weighted by molar-refractivity contribution is 5.75. The molecule has 0 aromatic rings. The summed E-state index contributed by atoms with van der Waals surface area (Å²) in [7, 11) is 0. The van der Waals surface area contributed by atoms with Crippen molar-refractivity contribution < 1.29 is 80.2 Å². The van der Waals surface area contributed by atoms with E-state index in [9.17, 15) is 0 Å². The molecule has 0 heterocycles. The molecular weight excluding hydrogens is 332 g/mol. The summed E-state index contributed by atoms with van der Waals surface area (Å²) < 4.78 is 0. The molecule has 8 N–H and O–H groups in total. The van der Waals surface area contributed by atoms with E-state index in [1.165, 1.54) is 0 Å². The van der Waals surface area contributed by atoms with Crippen LogP contribution in [0.5, 0.6) is 0 Å². The quantitative estimate of drug-likeness (QED) is 0.115. The van der Waals surface area contributed by atoms with Crippen molar-refractivity contribution in [3.63, 3.8) is 0 Å². The van der Waals surface area contributed by atoms with Crippen molar-refractivity contribution >= 4 is 35.6 Å². The lowest BCUT2D eigenvalue weighted by molar-refractivity contribution is -0.194. The third-order valence-corrected chi connectivity index (χ3v) is 0.312. The van der Waals surface area contributed by atoms with Crippen molar-refractivity contribution in [2.75, 3.05) is 0 Å². The maximum Gasteiger partial charge on any atom is 0.537 e. The molecule has 0 saturated carbocycles. The first-order valence-corrected chi connectivity index (χ1v) is 3.26. The maximum atomic E-state index is 8.90. The Labute approximate surface area is 117 Å². The molecule has 0 spiro atoms. The van der Waals surface area contributed by atoms with Gasteiger partial charge in [0.05, 0.1) is 0 Å². The minimum Gasteiger partial charge on any atom is -0.448 e. The molecule has 0 aliphatic rings. The smallest absolute Gasteiger partial charge is 0.448 e. The standard InChI is InChI=1S/4CH2O4.H4Si/c4*2-1(3)5-4;/h4*4H,(H,2,3);1H4. The predicted molar refractivity (Wildman–Crippen MR) is 58.3 cm³/mol. The van der Waals surface area contributed by atoms with Crippen molar-refractivity contribution in [2.24, 2.45) is 0 Å². The van der Waals surface area contributed by atoms with E-state index in [-0.39, 0.29) is 11.0 Å². The van der Waals surface area contributed by atoms with E-state index in [1.54, 1.807) is 0 Å². The summed E-state index contributed by atoms with van der Waals surface area (Å²) in [6.45, 7) is 0. The first-order valence-electron chi connectivity index (χ1n) is 3.26. The molecule has 17 heteroatoms. The summed E-state index contributed by atoms with van der Waals surface area (Å²) in [6.07, 6.45) is -6.76. The Morgan fingerprint density at radius 1 is 0.476 bits per heavy atom. The molecule has 0 radical (unpaired) electrons. The number of hydrogen-bond donors (Lipinski definition) is 8. The van der Waals surface area contributed by atoms with Crippen molar-refractivity contribution in [2.45, 2.75) is 0 Å². The highest BCUT2D eigenvalue weighted by Crippen LogP contribution is 1.61. The number of carboxylic acid groups (broad SMARTS) is 4. The van der Waals surface area contributed by atoms with Crippen LogP contribution in [0.2, 0.25) is 0 Å². The van der Waals surface area contributed by atoms with Crippen molar-refractivity contribution in [1.29, 1.82) is 0 Å². The summed E-state index contributed by atoms with van der Waals surface area (Å²) in [6, 6.07) is 0. The van der Waals surface area contributed by atoms with Gasteiger partial charge < -0.3 is 20.4 Å². The van der Waals surface area contributed by atoms with Gasteiger partial charge in [-0.25, -0.2) is 19.2 Å². The van der Waals surface area contributed by atoms with Gasteiger partial charge in [-0.1, -0.05) is 0 Å². The lowest BCUT2D eigenvalue weighted by atomic mass is 11.5. The molecule has 0 fully saturated rings. The molecule has 0 rings (SSSR count). The molecule has 16 nitrogen and oxygen atoms in total. The Bertz CT molecular complexity index is 217. The summed E-state index contributed by atoms with van der Waals surface area (Å²) in [5.74, 6) is 0. The zero-order valence-corrected chi connectivity index (χ0v) is 8.84. The number of carbonyl (C=O) groups is 4. The van der Waals surface area contributed by atoms with Crippen LogP contribution < -0.4 is 0 Å². The maximum absolute atomic E-state index is 8.90. The van der Waals surface area contributed by atoms with E-state index >= 15 is 0 Å². The third-order valence-electron chi connectivity index (χ3n) is 0.312. The van der Waals surface area contributed by atoms with Crippen molar-refractivity contribution in [3.05, 3.63) is 0 Å². The molecule has 21 heavy (non-hydrogen) atoms. The lowest BCUT2D eigenvalue weighted by Gasteiger charge is -1.75. The van der Waals surface area contributed by atoms with Crippen LogP contribution in [0.25, 0.3) is 0 Å². The van der Waals surface area contributed by atoms with E-state index < -0.39 is 24.6 Å². The summed E-state index contributed by atoms with van der Waals surface area (Å²) in [4.78, 5) is 46.2. The van der Waals surface area contributed by atoms with Crippen LogP contribution in [0.3, 0.4) is 0 Å². The van der Waals surface area contributed by atoms with Crippen LogP contribution in [0.15, 0.2) is 0 Å². The predicted octanol–water partition coefficient (Wildman–Crippen LogP) is -0.836. The van der Waals surface area contributed by atoms with Gasteiger partial charge in [0, 0.05) is 0 Å². The van der Waals surface area contributed by atoms with Gasteiger partial charge in [-0.15, -0.1) is 0 Å². The Hall–Kier alpha value is -2.86. The Balaban J connectivity index is -0.0000000533. The van der Waals surface area contributed by atoms with Gasteiger partial charge in [0.1, 0.15) is 0 Å². The molecule has 0 aliphatic carbocycles. The van der Waals surface area contributed by atoms with E-state index in [0.29, 0.717) is 0 Å². The van der Waals surface area contributed by atoms with Gasteiger partial charge in [0.2, 0.25) is 0 Å². The molecule has 0 aliphatic heterocycles. The third kappa shape index (κ3) is 149. The monoisotopic (exact) mass is 344 g/mol. The minimum atomic E-state index is -1.69. The minimum absolute atomic E-state index is 0. The Kier molecular flexibility index (Phi) is 38.0. The first kappa shape index (κ1) is 30.9. The molecule has 128 valence electrons. The van der Waals surface area contributed by atoms with Crippen LogP contribution in [0, 0.1) is 0 Å². The normalized spacial score (nSPS) is 6.29. The zero-order valence-electron chi connectivity index (χ0n) is 8.84. The van der Waals surface area contributed by atoms with Crippen LogP contribution in [-0.4, -0.2) is 77.0 Å². The lowest BCUT2D eigenvalue weighted by Crippen LogP contribution is -1.91. The molecular formula is C4H12O16Si. The molecule has 0 aromatic carbocycles. The van der Waals surface area contributed by atoms with Crippen LogP contribution in [0.4, 0.5) is 19.2 Å². The molecule has 0 atom stereocenters. The van der Waals surface area contributed by atoms with Crippen LogP contribution in [0.1, 0.15) is 0 Å². The van der Waals surface area contributed by atoms with Crippen molar-refractivity contribution in [1.82, 2.24) is 0 Å². The summed E-state index contributed by atoms with van der Waals surface area (Å²) in [5, 5.41) is 57.2. The summed E-state index contributed by atoms with van der Waals surface area (Å²) >= 11 is 0. The average molecular weight is 344 g/mol. The van der Waals surface area contributed by atoms with Gasteiger partial charge in [0.25, 0.3) is 0 Å². The van der Waals surface area contributed by atoms with Gasteiger partial charge in [-0.2, -0.15) is 21.0 Å². The fraction of sp³-hybridized carbons (Fsp3) is 0. The molecule has 0 aromatic heterocycles. The topological polar surface area (TPSA) is 267 Å². The second kappa shape index (κ2) is 25.9. The largest absolute Gasteiger partial charge is 0.537 e. The van der Waals surface area contributed by atoms with E-state index in [0.717, 1.165) is 0 Å². The number of hydrogen-bond acceptors (Lipinski definition) is 12. The Morgan fingerprint density at radius 3 is 0.524 bits per heavy atom. The first-order chi connectivity index (χ1) is 9.08. The molecule has 0 bridgehead atoms. The molecule has 0 amide bonds. The highest BCUT2D eigenvalue weighted by Gasteiger charge is 1.85. The second-order valence-corrected chi connectivity index (χ2v) is 1.43. The molecule has 0 unspecified atom stereocenters. The zero-order chi connectivity index (χ0) is 17.1. The highest BCUT2D eigenvalue weighted by atomic mass is 28.1. The van der Waals surface area contributed by atoms with Gasteiger partial charge in [-0.05, 0) is 11.0 Å². The van der Waals surface area contributed by atoms with E-state index in [1.807, 2.05) is 0 Å². The number of rotatable bonds is 0. The van der Waals surface area contributed by atoms with E-state index in [4.69, 9.17) is 60.6 Å². The Morgan fingerprint density at radius 2 is 0.524 bits per heavy atom. The van der Waals surface area contributed by atoms with Gasteiger partial charge in [-0.3, -0.25) is 19.6 Å². The average Bonchev–Trinajstić information content (AvgIpc) is 2.40. The SMILES string of the molecule is O=C(O)OO.O=C(O)OO.O=C(O)OO.O=C(O)OO.[SiH4]. The van der Waals surface area contributed by atoms with E-state index in [2.05, 4.69) is 19.6 Å². The van der Waals surface area contributed by atoms with Crippen LogP contribution in [-0.2, 0) is 19.6 Å².